The van der Waals surface area contributed by atoms with Gasteiger partial charge in [-0.05, 0) is 6.92 Å². The molecule has 18 heavy (non-hydrogen) atoms. The lowest BCUT2D eigenvalue weighted by Crippen LogP contribution is -2.63. The van der Waals surface area contributed by atoms with E-state index in [0.717, 1.165) is 19.5 Å². The fourth-order valence-corrected chi connectivity index (χ4v) is 3.34. The highest BCUT2D eigenvalue weighted by molar-refractivity contribution is 7.09. The summed E-state index contributed by atoms with van der Waals surface area (Å²) in [4.78, 5) is 1.26. The molecule has 6 heteroatoms. The molecule has 5 nitrogen and oxygen atoms in total. The minimum absolute atomic E-state index is 0.0364. The van der Waals surface area contributed by atoms with Gasteiger partial charge in [-0.3, -0.25) is 5.32 Å². The molecule has 3 unspecified atom stereocenters. The van der Waals surface area contributed by atoms with Crippen LogP contribution in [0, 0.1) is 12.8 Å². The highest BCUT2D eigenvalue weighted by atomic mass is 32.1. The van der Waals surface area contributed by atoms with Gasteiger partial charge in [-0.1, -0.05) is 11.3 Å². The molecule has 102 valence electrons. The summed E-state index contributed by atoms with van der Waals surface area (Å²) in [5, 5.41) is 15.7. The van der Waals surface area contributed by atoms with Crippen LogP contribution in [-0.4, -0.2) is 30.6 Å². The van der Waals surface area contributed by atoms with E-state index in [9.17, 15) is 0 Å². The predicted molar refractivity (Wildman–Crippen MR) is 72.1 cm³/mol. The molecule has 1 aromatic heterocycles. The first-order chi connectivity index (χ1) is 8.61. The average molecular weight is 271 g/mol. The fraction of sp³-hybridized carbons (Fsp3) is 0.750. The van der Waals surface area contributed by atoms with Crippen molar-refractivity contribution in [1.82, 2.24) is 10.6 Å². The van der Waals surface area contributed by atoms with Gasteiger partial charge in [-0.15, -0.1) is 0 Å². The number of aromatic nitrogens is 1. The minimum atomic E-state index is 0.0364. The second kappa shape index (κ2) is 6.08. The highest BCUT2D eigenvalue weighted by Gasteiger charge is 2.29. The quantitative estimate of drug-likeness (QED) is 0.548. The third-order valence-corrected chi connectivity index (χ3v) is 4.71. The Morgan fingerprint density at radius 2 is 2.39 bits per heavy atom. The summed E-state index contributed by atoms with van der Waals surface area (Å²) in [7, 11) is 0. The van der Waals surface area contributed by atoms with Crippen molar-refractivity contribution in [2.45, 2.75) is 39.1 Å². The lowest BCUT2D eigenvalue weighted by atomic mass is 10.0. The zero-order chi connectivity index (χ0) is 13.1. The van der Waals surface area contributed by atoms with Crippen LogP contribution in [0.2, 0.25) is 0 Å². The number of nitrogens with one attached hydrogen (secondary N) is 2. The van der Waals surface area contributed by atoms with Crippen molar-refractivity contribution in [2.75, 3.05) is 13.2 Å². The molecule has 0 amide bonds. The Balaban J connectivity index is 2.01. The summed E-state index contributed by atoms with van der Waals surface area (Å²) in [5.41, 5.74) is 9.51. The standard InChI is InChI=1S/C12H23N4OS/c1-8-11(3-4-17)18-7-16(8)6-10-5-14-9(2)15-12(10)13/h7,9-10,12,14-15,17H,3-6,13H2,1-2H3/q+1. The molecule has 0 aliphatic carbocycles. The first-order valence-corrected chi connectivity index (χ1v) is 7.32. The molecule has 1 fully saturated rings. The molecule has 5 N–H and O–H groups in total. The minimum Gasteiger partial charge on any atom is -0.396 e. The van der Waals surface area contributed by atoms with E-state index in [1.165, 1.54) is 10.6 Å². The number of aliphatic hydroxyl groups excluding tert-OH is 1. The molecule has 0 radical (unpaired) electrons. The van der Waals surface area contributed by atoms with Crippen LogP contribution in [0.1, 0.15) is 17.5 Å². The van der Waals surface area contributed by atoms with Gasteiger partial charge < -0.3 is 16.2 Å². The van der Waals surface area contributed by atoms with E-state index in [2.05, 4.69) is 34.6 Å². The van der Waals surface area contributed by atoms with Crippen LogP contribution in [0.4, 0.5) is 0 Å². The predicted octanol–water partition coefficient (Wildman–Crippen LogP) is -0.681. The molecule has 1 aliphatic heterocycles. The van der Waals surface area contributed by atoms with Crippen molar-refractivity contribution in [2.24, 2.45) is 11.7 Å². The van der Waals surface area contributed by atoms with Gasteiger partial charge in [-0.2, -0.15) is 4.57 Å². The summed E-state index contributed by atoms with van der Waals surface area (Å²) >= 11 is 1.71. The maximum Gasteiger partial charge on any atom is 0.225 e. The zero-order valence-corrected chi connectivity index (χ0v) is 11.8. The maximum absolute atomic E-state index is 9.00. The van der Waals surface area contributed by atoms with Crippen LogP contribution < -0.4 is 20.9 Å². The van der Waals surface area contributed by atoms with E-state index in [1.54, 1.807) is 11.3 Å². The number of aliphatic hydroxyl groups is 1. The first kappa shape index (κ1) is 13.9. The van der Waals surface area contributed by atoms with Gasteiger partial charge in [0.25, 0.3) is 0 Å². The molecule has 0 bridgehead atoms. The van der Waals surface area contributed by atoms with Crippen LogP contribution >= 0.6 is 11.3 Å². The van der Waals surface area contributed by atoms with Crippen molar-refractivity contribution in [3.05, 3.63) is 16.1 Å². The van der Waals surface area contributed by atoms with Crippen molar-refractivity contribution in [1.29, 1.82) is 0 Å². The molecule has 2 heterocycles. The third-order valence-electron chi connectivity index (χ3n) is 3.56. The van der Waals surface area contributed by atoms with E-state index < -0.39 is 0 Å². The summed E-state index contributed by atoms with van der Waals surface area (Å²) in [6.45, 7) is 6.26. The Morgan fingerprint density at radius 3 is 3.06 bits per heavy atom. The number of hydrogen-bond donors (Lipinski definition) is 4. The van der Waals surface area contributed by atoms with Crippen LogP contribution in [0.25, 0.3) is 0 Å². The second-order valence-electron chi connectivity index (χ2n) is 4.94. The largest absolute Gasteiger partial charge is 0.396 e. The van der Waals surface area contributed by atoms with E-state index >= 15 is 0 Å². The highest BCUT2D eigenvalue weighted by Crippen LogP contribution is 2.13. The molecule has 3 atom stereocenters. The van der Waals surface area contributed by atoms with E-state index in [-0.39, 0.29) is 18.9 Å². The van der Waals surface area contributed by atoms with Crippen LogP contribution in [-0.2, 0) is 13.0 Å². The molecule has 1 saturated heterocycles. The Labute approximate surface area is 112 Å². The van der Waals surface area contributed by atoms with Gasteiger partial charge in [0.2, 0.25) is 5.51 Å². The molecule has 0 spiro atoms. The van der Waals surface area contributed by atoms with E-state index in [0.29, 0.717) is 5.92 Å². The number of nitrogens with zero attached hydrogens (tertiary/aromatic N) is 1. The fourth-order valence-electron chi connectivity index (χ4n) is 2.34. The van der Waals surface area contributed by atoms with E-state index in [1.807, 2.05) is 0 Å². The Bertz CT molecular complexity index is 395. The zero-order valence-electron chi connectivity index (χ0n) is 11.0. The lowest BCUT2D eigenvalue weighted by Gasteiger charge is -2.33. The Morgan fingerprint density at radius 1 is 1.61 bits per heavy atom. The van der Waals surface area contributed by atoms with Crippen molar-refractivity contribution < 1.29 is 9.67 Å². The summed E-state index contributed by atoms with van der Waals surface area (Å²) in [6, 6.07) is 0. The van der Waals surface area contributed by atoms with Crippen molar-refractivity contribution >= 4 is 11.3 Å². The SMILES string of the molecule is Cc1c(CCO)sc[n+]1CC1CNC(C)NC1N. The molecule has 1 aromatic rings. The molecule has 0 saturated carbocycles. The normalized spacial score (nSPS) is 28.6. The molecule has 2 rings (SSSR count). The number of thiazole rings is 1. The van der Waals surface area contributed by atoms with Gasteiger partial charge in [0.05, 0.1) is 23.1 Å². The van der Waals surface area contributed by atoms with Crippen molar-refractivity contribution in [3.8, 4) is 0 Å². The molecule has 0 aromatic carbocycles. The first-order valence-electron chi connectivity index (χ1n) is 6.44. The number of hydrogen-bond acceptors (Lipinski definition) is 5. The smallest absolute Gasteiger partial charge is 0.225 e. The summed E-state index contributed by atoms with van der Waals surface area (Å²) in [5.74, 6) is 0.390. The van der Waals surface area contributed by atoms with E-state index in [4.69, 9.17) is 10.8 Å². The van der Waals surface area contributed by atoms with Gasteiger partial charge in [0.1, 0.15) is 0 Å². The van der Waals surface area contributed by atoms with Crippen LogP contribution in [0.15, 0.2) is 5.51 Å². The average Bonchev–Trinajstić information content (AvgIpc) is 2.66. The molecule has 1 aliphatic rings. The Kier molecular flexibility index (Phi) is 4.69. The second-order valence-corrected chi connectivity index (χ2v) is 5.88. The monoisotopic (exact) mass is 271 g/mol. The van der Waals surface area contributed by atoms with Gasteiger partial charge in [-0.25, -0.2) is 0 Å². The summed E-state index contributed by atoms with van der Waals surface area (Å²) < 4.78 is 2.25. The maximum atomic E-state index is 9.00. The van der Waals surface area contributed by atoms with Gasteiger partial charge >= 0.3 is 0 Å². The van der Waals surface area contributed by atoms with Gasteiger partial charge in [0.15, 0.2) is 12.2 Å². The number of nitrogens with two attached hydrogens (primary N) is 1. The van der Waals surface area contributed by atoms with Crippen LogP contribution in [0.3, 0.4) is 0 Å². The molecular weight excluding hydrogens is 248 g/mol. The van der Waals surface area contributed by atoms with Crippen molar-refractivity contribution in [3.63, 3.8) is 0 Å². The van der Waals surface area contributed by atoms with Crippen LogP contribution in [0.5, 0.6) is 0 Å². The lowest BCUT2D eigenvalue weighted by molar-refractivity contribution is -0.705. The topological polar surface area (TPSA) is 74.2 Å². The van der Waals surface area contributed by atoms with Gasteiger partial charge in [0, 0.05) is 26.5 Å². The Hall–Kier alpha value is -0.530. The summed E-state index contributed by atoms with van der Waals surface area (Å²) in [6.07, 6.45) is 1.07. The molecular formula is C12H23N4OS+. The number of rotatable bonds is 4. The third kappa shape index (κ3) is 3.07.